The van der Waals surface area contributed by atoms with Crippen LogP contribution in [0, 0.1) is 11.3 Å². The van der Waals surface area contributed by atoms with Gasteiger partial charge in [0, 0.05) is 17.3 Å². The maximum absolute atomic E-state index is 8.98. The van der Waals surface area contributed by atoms with Crippen molar-refractivity contribution in [3.05, 3.63) is 96.2 Å². The van der Waals surface area contributed by atoms with Gasteiger partial charge in [0.05, 0.1) is 13.2 Å². The maximum Gasteiger partial charge on any atom is 0.127 e. The maximum atomic E-state index is 8.98. The minimum atomic E-state index is 0.610. The summed E-state index contributed by atoms with van der Waals surface area (Å²) in [6.07, 6.45) is 3.30. The molecule has 0 aliphatic carbocycles. The normalized spacial score (nSPS) is 11.8. The Morgan fingerprint density at radius 2 is 1.61 bits per heavy atom. The zero-order chi connectivity index (χ0) is 19.9. The molecular formula is C25H22N2O. The summed E-state index contributed by atoms with van der Waals surface area (Å²) in [7, 11) is 1.69. The zero-order valence-electron chi connectivity index (χ0n) is 16.0. The van der Waals surface area contributed by atoms with Crippen LogP contribution in [0.4, 0.5) is 0 Å². The van der Waals surface area contributed by atoms with Gasteiger partial charge in [0.15, 0.2) is 0 Å². The van der Waals surface area contributed by atoms with Crippen molar-refractivity contribution >= 4 is 5.57 Å². The van der Waals surface area contributed by atoms with Crippen molar-refractivity contribution in [1.82, 2.24) is 0 Å². The lowest BCUT2D eigenvalue weighted by Crippen LogP contribution is -1.91. The molecule has 2 N–H and O–H groups in total. The first-order valence-corrected chi connectivity index (χ1v) is 9.01. The van der Waals surface area contributed by atoms with E-state index in [0.29, 0.717) is 5.57 Å². The van der Waals surface area contributed by atoms with E-state index in [-0.39, 0.29) is 0 Å². The molecule has 0 aliphatic heterocycles. The highest BCUT2D eigenvalue weighted by Gasteiger charge is 2.09. The van der Waals surface area contributed by atoms with Gasteiger partial charge in [-0.3, -0.25) is 0 Å². The number of methoxy groups -OCH3 is 1. The number of nitrogens with zero attached hydrogens (tertiary/aromatic N) is 1. The molecule has 3 heteroatoms. The largest absolute Gasteiger partial charge is 0.496 e. The first kappa shape index (κ1) is 19.0. The summed E-state index contributed by atoms with van der Waals surface area (Å²) in [6.45, 7) is 1.76. The van der Waals surface area contributed by atoms with Gasteiger partial charge in [-0.1, -0.05) is 66.7 Å². The minimum absolute atomic E-state index is 0.610. The highest BCUT2D eigenvalue weighted by Crippen LogP contribution is 2.34. The second-order valence-electron chi connectivity index (χ2n) is 6.42. The molecule has 0 aliphatic rings. The number of nitrogens with two attached hydrogens (primary N) is 1. The number of hydrogen-bond acceptors (Lipinski definition) is 3. The molecule has 0 spiro atoms. The number of nitriles is 1. The molecule has 0 aromatic heterocycles. The van der Waals surface area contributed by atoms with Crippen LogP contribution in [0.2, 0.25) is 0 Å². The molecule has 3 nitrogen and oxygen atoms in total. The highest BCUT2D eigenvalue weighted by molar-refractivity contribution is 5.80. The van der Waals surface area contributed by atoms with E-state index in [4.69, 9.17) is 15.7 Å². The number of benzene rings is 3. The minimum Gasteiger partial charge on any atom is -0.496 e. The van der Waals surface area contributed by atoms with E-state index in [9.17, 15) is 0 Å². The molecular weight excluding hydrogens is 344 g/mol. The summed E-state index contributed by atoms with van der Waals surface area (Å²) in [6, 6.07) is 26.7. The van der Waals surface area contributed by atoms with Crippen LogP contribution in [0.15, 0.2) is 90.6 Å². The van der Waals surface area contributed by atoms with Crippen LogP contribution >= 0.6 is 0 Å². The summed E-state index contributed by atoms with van der Waals surface area (Å²) in [5, 5.41) is 8.98. The number of rotatable bonds is 5. The van der Waals surface area contributed by atoms with E-state index >= 15 is 0 Å². The number of allylic oxidation sites excluding steroid dienone is 3. The average Bonchev–Trinajstić information content (AvgIpc) is 2.77. The number of hydrogen-bond donors (Lipinski definition) is 1. The topological polar surface area (TPSA) is 59.0 Å². The summed E-state index contributed by atoms with van der Waals surface area (Å²) >= 11 is 0. The third-order valence-corrected chi connectivity index (χ3v) is 4.57. The third-order valence-electron chi connectivity index (χ3n) is 4.57. The van der Waals surface area contributed by atoms with E-state index in [1.54, 1.807) is 20.1 Å². The van der Waals surface area contributed by atoms with Gasteiger partial charge in [0.1, 0.15) is 5.75 Å². The SMILES string of the molecule is COc1cc(-c2ccccc2)ccc1-c1ccc(C(/C=C(\C)C#N)=C/N)cc1. The van der Waals surface area contributed by atoms with Crippen LogP contribution < -0.4 is 10.5 Å². The van der Waals surface area contributed by atoms with Gasteiger partial charge >= 0.3 is 0 Å². The molecule has 3 aromatic rings. The molecule has 0 radical (unpaired) electrons. The first-order chi connectivity index (χ1) is 13.7. The van der Waals surface area contributed by atoms with E-state index in [1.165, 1.54) is 6.20 Å². The van der Waals surface area contributed by atoms with Gasteiger partial charge in [-0.05, 0) is 46.9 Å². The van der Waals surface area contributed by atoms with Crippen LogP contribution in [0.5, 0.6) is 5.75 Å². The molecule has 0 atom stereocenters. The van der Waals surface area contributed by atoms with Gasteiger partial charge in [-0.2, -0.15) is 5.26 Å². The Morgan fingerprint density at radius 3 is 2.21 bits per heavy atom. The van der Waals surface area contributed by atoms with Crippen molar-refractivity contribution in [3.8, 4) is 34.1 Å². The molecule has 0 fully saturated rings. The highest BCUT2D eigenvalue weighted by atomic mass is 16.5. The van der Waals surface area contributed by atoms with E-state index < -0.39 is 0 Å². The van der Waals surface area contributed by atoms with Gasteiger partial charge in [0.25, 0.3) is 0 Å². The fourth-order valence-electron chi connectivity index (χ4n) is 3.08. The lowest BCUT2D eigenvalue weighted by molar-refractivity contribution is 0.416. The van der Waals surface area contributed by atoms with E-state index in [1.807, 2.05) is 42.5 Å². The van der Waals surface area contributed by atoms with Crippen molar-refractivity contribution in [2.45, 2.75) is 6.92 Å². The van der Waals surface area contributed by atoms with Crippen LogP contribution in [-0.4, -0.2) is 7.11 Å². The van der Waals surface area contributed by atoms with Crippen molar-refractivity contribution in [1.29, 1.82) is 5.26 Å². The fourth-order valence-corrected chi connectivity index (χ4v) is 3.08. The molecule has 0 saturated carbocycles. The monoisotopic (exact) mass is 366 g/mol. The molecule has 28 heavy (non-hydrogen) atoms. The second-order valence-corrected chi connectivity index (χ2v) is 6.42. The van der Waals surface area contributed by atoms with Gasteiger partial charge in [-0.15, -0.1) is 0 Å². The Labute approximate surface area is 166 Å². The van der Waals surface area contributed by atoms with Crippen molar-refractivity contribution < 1.29 is 4.74 Å². The van der Waals surface area contributed by atoms with Gasteiger partial charge in [0.2, 0.25) is 0 Å². The van der Waals surface area contributed by atoms with Crippen LogP contribution in [0.1, 0.15) is 12.5 Å². The Kier molecular flexibility index (Phi) is 5.94. The van der Waals surface area contributed by atoms with Crippen molar-refractivity contribution in [2.24, 2.45) is 5.73 Å². The lowest BCUT2D eigenvalue weighted by Gasteiger charge is -2.12. The first-order valence-electron chi connectivity index (χ1n) is 9.01. The molecule has 0 heterocycles. The van der Waals surface area contributed by atoms with Crippen LogP contribution in [0.3, 0.4) is 0 Å². The summed E-state index contributed by atoms with van der Waals surface area (Å²) in [4.78, 5) is 0. The van der Waals surface area contributed by atoms with Gasteiger partial charge < -0.3 is 10.5 Å². The van der Waals surface area contributed by atoms with Crippen LogP contribution in [0.25, 0.3) is 27.8 Å². The quantitative estimate of drug-likeness (QED) is 0.459. The molecule has 0 saturated heterocycles. The molecule has 0 unspecified atom stereocenters. The Bertz CT molecular complexity index is 1060. The van der Waals surface area contributed by atoms with E-state index in [0.717, 1.165) is 39.1 Å². The predicted octanol–water partition coefficient (Wildman–Crippen LogP) is 5.80. The third kappa shape index (κ3) is 4.13. The number of ether oxygens (including phenoxy) is 1. The van der Waals surface area contributed by atoms with E-state index in [2.05, 4.69) is 36.4 Å². The summed E-state index contributed by atoms with van der Waals surface area (Å²) in [5.74, 6) is 0.823. The molecule has 0 bridgehead atoms. The molecule has 3 rings (SSSR count). The van der Waals surface area contributed by atoms with Crippen molar-refractivity contribution in [2.75, 3.05) is 7.11 Å². The smallest absolute Gasteiger partial charge is 0.127 e. The molecule has 0 amide bonds. The lowest BCUT2D eigenvalue weighted by atomic mass is 9.97. The van der Waals surface area contributed by atoms with Gasteiger partial charge in [-0.25, -0.2) is 0 Å². The Hall–Kier alpha value is -3.77. The summed E-state index contributed by atoms with van der Waals surface area (Å²) in [5.41, 5.74) is 12.5. The Morgan fingerprint density at radius 1 is 0.929 bits per heavy atom. The average molecular weight is 366 g/mol. The molecule has 3 aromatic carbocycles. The zero-order valence-corrected chi connectivity index (χ0v) is 16.0. The Balaban J connectivity index is 1.95. The van der Waals surface area contributed by atoms with Crippen LogP contribution in [-0.2, 0) is 0 Å². The predicted molar refractivity (Wildman–Crippen MR) is 115 cm³/mol. The van der Waals surface area contributed by atoms with Crippen molar-refractivity contribution in [3.63, 3.8) is 0 Å². The standard InChI is InChI=1S/C25H22N2O/c1-18(16-26)14-23(17-27)20-8-10-21(11-9-20)24-13-12-22(15-25(24)28-2)19-6-4-3-5-7-19/h3-15,17H,27H2,1-2H3/b18-14+,23-17+. The molecule has 138 valence electrons. The fraction of sp³-hybridized carbons (Fsp3) is 0.0800. The summed E-state index contributed by atoms with van der Waals surface area (Å²) < 4.78 is 5.65. The second kappa shape index (κ2) is 8.75.